The average Bonchev–Trinajstić information content (AvgIpc) is 3.59. The summed E-state index contributed by atoms with van der Waals surface area (Å²) in [5, 5.41) is 5.00. The molecule has 0 bridgehead atoms. The Morgan fingerprint density at radius 3 is 2.48 bits per heavy atom. The minimum absolute atomic E-state index is 0.0434. The molecule has 0 aliphatic heterocycles. The molecule has 1 atom stereocenters. The lowest BCUT2D eigenvalue weighted by Crippen LogP contribution is -2.43. The van der Waals surface area contributed by atoms with Crippen molar-refractivity contribution in [3.05, 3.63) is 59.3 Å². The summed E-state index contributed by atoms with van der Waals surface area (Å²) in [5.74, 6) is -2.24. The maximum Gasteiger partial charge on any atom is 0.269 e. The third-order valence-electron chi connectivity index (χ3n) is 4.82. The van der Waals surface area contributed by atoms with Crippen LogP contribution >= 0.6 is 11.6 Å². The van der Waals surface area contributed by atoms with Crippen LogP contribution in [0.25, 0.3) is 11.3 Å². The number of amides is 3. The molecule has 2 heterocycles. The van der Waals surface area contributed by atoms with Gasteiger partial charge in [-0.25, -0.2) is 9.97 Å². The Hall–Kier alpha value is -3.33. The second-order valence-electron chi connectivity index (χ2n) is 6.95. The summed E-state index contributed by atoms with van der Waals surface area (Å²) in [6.07, 6.45) is 2.69. The number of aromatic nitrogens is 2. The molecule has 0 unspecified atom stereocenters. The molecule has 162 valence electrons. The van der Waals surface area contributed by atoms with Crippen molar-refractivity contribution >= 4 is 29.3 Å². The third-order valence-corrected chi connectivity index (χ3v) is 5.02. The SMILES string of the molecule is C=CC(=O)N(C1CC1)[C@H](C(=O)NC)c1cc(Cl)nc(-c2cc(F)nc(C(=O)NC)c2)c1. The van der Waals surface area contributed by atoms with E-state index in [0.717, 1.165) is 25.0 Å². The van der Waals surface area contributed by atoms with Crippen LogP contribution in [0.5, 0.6) is 0 Å². The highest BCUT2D eigenvalue weighted by molar-refractivity contribution is 6.29. The molecule has 31 heavy (non-hydrogen) atoms. The van der Waals surface area contributed by atoms with Crippen LogP contribution in [0.3, 0.4) is 0 Å². The lowest BCUT2D eigenvalue weighted by atomic mass is 10.0. The molecule has 10 heteroatoms. The Morgan fingerprint density at radius 2 is 1.90 bits per heavy atom. The predicted octanol–water partition coefficient (Wildman–Crippen LogP) is 2.26. The number of pyridine rings is 2. The van der Waals surface area contributed by atoms with Crippen LogP contribution in [0.1, 0.15) is 34.9 Å². The number of halogens is 2. The lowest BCUT2D eigenvalue weighted by Gasteiger charge is -2.30. The summed E-state index contributed by atoms with van der Waals surface area (Å²) in [6.45, 7) is 3.53. The van der Waals surface area contributed by atoms with Crippen LogP contribution in [0.15, 0.2) is 36.9 Å². The minimum atomic E-state index is -0.979. The molecule has 0 saturated heterocycles. The van der Waals surface area contributed by atoms with Gasteiger partial charge in [0, 0.05) is 31.8 Å². The third kappa shape index (κ3) is 4.88. The maximum atomic E-state index is 14.1. The summed E-state index contributed by atoms with van der Waals surface area (Å²) in [7, 11) is 2.87. The Balaban J connectivity index is 2.13. The van der Waals surface area contributed by atoms with E-state index in [0.29, 0.717) is 5.56 Å². The number of carbonyl (C=O) groups is 3. The molecule has 3 amide bonds. The predicted molar refractivity (Wildman–Crippen MR) is 113 cm³/mol. The maximum absolute atomic E-state index is 14.1. The quantitative estimate of drug-likeness (QED) is 0.502. The smallest absolute Gasteiger partial charge is 0.269 e. The van der Waals surface area contributed by atoms with Gasteiger partial charge in [0.2, 0.25) is 17.8 Å². The molecule has 0 spiro atoms. The first-order chi connectivity index (χ1) is 14.8. The number of nitrogens with one attached hydrogen (secondary N) is 2. The van der Waals surface area contributed by atoms with E-state index in [-0.39, 0.29) is 34.1 Å². The molecule has 8 nitrogen and oxygen atoms in total. The molecule has 0 radical (unpaired) electrons. The topological polar surface area (TPSA) is 104 Å². The van der Waals surface area contributed by atoms with Crippen LogP contribution in [0.4, 0.5) is 4.39 Å². The van der Waals surface area contributed by atoms with Gasteiger partial charge in [-0.05, 0) is 42.7 Å². The second-order valence-corrected chi connectivity index (χ2v) is 7.34. The molecule has 2 aromatic heterocycles. The summed E-state index contributed by atoms with van der Waals surface area (Å²) >= 11 is 6.22. The summed E-state index contributed by atoms with van der Waals surface area (Å²) in [5.41, 5.74) is 0.739. The van der Waals surface area contributed by atoms with Crippen molar-refractivity contribution in [1.82, 2.24) is 25.5 Å². The average molecular weight is 446 g/mol. The highest BCUT2D eigenvalue weighted by Gasteiger charge is 2.40. The highest BCUT2D eigenvalue weighted by atomic mass is 35.5. The van der Waals surface area contributed by atoms with Gasteiger partial charge in [0.15, 0.2) is 0 Å². The van der Waals surface area contributed by atoms with E-state index in [2.05, 4.69) is 27.2 Å². The van der Waals surface area contributed by atoms with Gasteiger partial charge < -0.3 is 15.5 Å². The van der Waals surface area contributed by atoms with Crippen LogP contribution in [-0.2, 0) is 9.59 Å². The fourth-order valence-electron chi connectivity index (χ4n) is 3.26. The van der Waals surface area contributed by atoms with E-state index >= 15 is 0 Å². The van der Waals surface area contributed by atoms with Crippen molar-refractivity contribution in [3.8, 4) is 11.3 Å². The number of hydrogen-bond donors (Lipinski definition) is 2. The van der Waals surface area contributed by atoms with E-state index < -0.39 is 23.8 Å². The first kappa shape index (κ1) is 22.4. The zero-order valence-corrected chi connectivity index (χ0v) is 17.7. The molecule has 1 aliphatic carbocycles. The van der Waals surface area contributed by atoms with Crippen molar-refractivity contribution < 1.29 is 18.8 Å². The summed E-state index contributed by atoms with van der Waals surface area (Å²) < 4.78 is 14.1. The van der Waals surface area contributed by atoms with Crippen LogP contribution < -0.4 is 10.6 Å². The summed E-state index contributed by atoms with van der Waals surface area (Å²) in [4.78, 5) is 46.5. The fraction of sp³-hybridized carbons (Fsp3) is 0.286. The molecular formula is C21H21ClFN5O3. The zero-order valence-electron chi connectivity index (χ0n) is 17.0. The van der Waals surface area contributed by atoms with Gasteiger partial charge in [-0.3, -0.25) is 14.4 Å². The Labute approximate surface area is 183 Å². The summed E-state index contributed by atoms with van der Waals surface area (Å²) in [6, 6.07) is 4.42. The van der Waals surface area contributed by atoms with Crippen molar-refractivity contribution in [2.24, 2.45) is 0 Å². The van der Waals surface area contributed by atoms with Gasteiger partial charge >= 0.3 is 0 Å². The van der Waals surface area contributed by atoms with Gasteiger partial charge in [0.05, 0.1) is 5.69 Å². The van der Waals surface area contributed by atoms with Crippen molar-refractivity contribution in [1.29, 1.82) is 0 Å². The molecular weight excluding hydrogens is 425 g/mol. The van der Waals surface area contributed by atoms with Crippen LogP contribution in [-0.4, -0.2) is 52.7 Å². The first-order valence-electron chi connectivity index (χ1n) is 9.52. The van der Waals surface area contributed by atoms with Crippen molar-refractivity contribution in [3.63, 3.8) is 0 Å². The Morgan fingerprint density at radius 1 is 1.19 bits per heavy atom. The molecule has 3 rings (SSSR count). The molecule has 0 aromatic carbocycles. The minimum Gasteiger partial charge on any atom is -0.357 e. The molecule has 1 saturated carbocycles. The van der Waals surface area contributed by atoms with E-state index in [1.165, 1.54) is 31.1 Å². The van der Waals surface area contributed by atoms with E-state index in [9.17, 15) is 18.8 Å². The number of rotatable bonds is 7. The normalized spacial score (nSPS) is 13.8. The van der Waals surface area contributed by atoms with Gasteiger partial charge in [-0.15, -0.1) is 0 Å². The van der Waals surface area contributed by atoms with Crippen LogP contribution in [0.2, 0.25) is 5.15 Å². The van der Waals surface area contributed by atoms with E-state index in [4.69, 9.17) is 11.6 Å². The van der Waals surface area contributed by atoms with Gasteiger partial charge in [0.1, 0.15) is 16.9 Å². The van der Waals surface area contributed by atoms with Crippen molar-refractivity contribution in [2.45, 2.75) is 24.9 Å². The van der Waals surface area contributed by atoms with E-state index in [1.807, 2.05) is 0 Å². The number of nitrogens with zero attached hydrogens (tertiary/aromatic N) is 3. The van der Waals surface area contributed by atoms with Gasteiger partial charge in [-0.1, -0.05) is 18.2 Å². The zero-order chi connectivity index (χ0) is 22.7. The lowest BCUT2D eigenvalue weighted by molar-refractivity contribution is -0.137. The largest absolute Gasteiger partial charge is 0.357 e. The number of hydrogen-bond acceptors (Lipinski definition) is 5. The Bertz CT molecular complexity index is 1060. The second kappa shape index (κ2) is 9.22. The molecule has 1 fully saturated rings. The van der Waals surface area contributed by atoms with E-state index in [1.54, 1.807) is 6.07 Å². The van der Waals surface area contributed by atoms with Gasteiger partial charge in [0.25, 0.3) is 5.91 Å². The monoisotopic (exact) mass is 445 g/mol. The van der Waals surface area contributed by atoms with Gasteiger partial charge in [-0.2, -0.15) is 4.39 Å². The van der Waals surface area contributed by atoms with Crippen LogP contribution in [0, 0.1) is 5.95 Å². The number of carbonyl (C=O) groups excluding carboxylic acids is 3. The fourth-order valence-corrected chi connectivity index (χ4v) is 3.48. The molecule has 2 aromatic rings. The Kier molecular flexibility index (Phi) is 6.65. The van der Waals surface area contributed by atoms with Crippen molar-refractivity contribution in [2.75, 3.05) is 14.1 Å². The first-order valence-corrected chi connectivity index (χ1v) is 9.90. The molecule has 1 aliphatic rings. The standard InChI is InChI=1S/C21H21ClFN5O3/c1-4-18(29)28(13-5-6-13)19(21(31)25-3)12-8-14(26-16(22)9-12)11-7-15(20(30)24-2)27-17(23)10-11/h4,7-10,13,19H,1,5-6H2,2-3H3,(H,24,30)(H,25,31)/t19-/m0/s1. The highest BCUT2D eigenvalue weighted by Crippen LogP contribution is 2.36. The number of likely N-dealkylation sites (N-methyl/N-ethyl adjacent to an activating group) is 1. The molecule has 2 N–H and O–H groups in total.